The van der Waals surface area contributed by atoms with Gasteiger partial charge >= 0.3 is 0 Å². The maximum Gasteiger partial charge on any atom is 0.193 e. The fourth-order valence-corrected chi connectivity index (χ4v) is 3.53. The first-order chi connectivity index (χ1) is 13.3. The first-order valence-corrected chi connectivity index (χ1v) is 9.60. The zero-order valence-electron chi connectivity index (χ0n) is 16.3. The van der Waals surface area contributed by atoms with Crippen molar-refractivity contribution in [1.29, 1.82) is 0 Å². The van der Waals surface area contributed by atoms with E-state index in [4.69, 9.17) is 4.74 Å². The first kappa shape index (κ1) is 19.4. The van der Waals surface area contributed by atoms with Gasteiger partial charge in [-0.2, -0.15) is 0 Å². The molecule has 1 aliphatic heterocycles. The van der Waals surface area contributed by atoms with Crippen LogP contribution in [0, 0.1) is 0 Å². The van der Waals surface area contributed by atoms with E-state index in [1.165, 1.54) is 11.1 Å². The maximum atomic E-state index is 5.54. The van der Waals surface area contributed by atoms with Gasteiger partial charge in [0.25, 0.3) is 0 Å². The predicted octanol–water partition coefficient (Wildman–Crippen LogP) is 2.77. The van der Waals surface area contributed by atoms with Crippen LogP contribution in [0.25, 0.3) is 0 Å². The average molecular weight is 367 g/mol. The third kappa shape index (κ3) is 5.55. The Labute approximate surface area is 162 Å². The number of benzene rings is 2. The first-order valence-electron chi connectivity index (χ1n) is 9.60. The summed E-state index contributed by atoms with van der Waals surface area (Å²) in [6.45, 7) is 5.15. The molecule has 1 aliphatic rings. The van der Waals surface area contributed by atoms with Gasteiger partial charge in [0.05, 0.1) is 19.3 Å². The molecule has 0 bridgehead atoms. The van der Waals surface area contributed by atoms with Gasteiger partial charge in [-0.05, 0) is 11.1 Å². The van der Waals surface area contributed by atoms with Gasteiger partial charge in [0.2, 0.25) is 0 Å². The van der Waals surface area contributed by atoms with Crippen molar-refractivity contribution >= 4 is 5.96 Å². The van der Waals surface area contributed by atoms with Gasteiger partial charge < -0.3 is 15.0 Å². The van der Waals surface area contributed by atoms with Crippen LogP contribution in [-0.2, 0) is 11.3 Å². The molecule has 1 fully saturated rings. The number of rotatable bonds is 6. The molecule has 1 heterocycles. The molecule has 1 N–H and O–H groups in total. The third-order valence-electron chi connectivity index (χ3n) is 4.96. The molecule has 144 valence electrons. The van der Waals surface area contributed by atoms with Gasteiger partial charge in [-0.1, -0.05) is 60.7 Å². The Balaban J connectivity index is 1.65. The summed E-state index contributed by atoms with van der Waals surface area (Å²) in [7, 11) is 3.92. The Kier molecular flexibility index (Phi) is 7.25. The van der Waals surface area contributed by atoms with Crippen molar-refractivity contribution in [1.82, 2.24) is 15.1 Å². The lowest BCUT2D eigenvalue weighted by atomic mass is 10.0. The zero-order valence-corrected chi connectivity index (χ0v) is 16.3. The lowest BCUT2D eigenvalue weighted by molar-refractivity contribution is 0.0169. The SMILES string of the molecule is CN=C(NCC(c1ccccc1)N1CCOCC1)N(C)Cc1ccccc1. The molecule has 0 radical (unpaired) electrons. The van der Waals surface area contributed by atoms with E-state index in [0.29, 0.717) is 6.04 Å². The molecule has 5 nitrogen and oxygen atoms in total. The minimum absolute atomic E-state index is 0.303. The molecular weight excluding hydrogens is 336 g/mol. The lowest BCUT2D eigenvalue weighted by Crippen LogP contribution is -2.46. The van der Waals surface area contributed by atoms with Crippen LogP contribution in [0.5, 0.6) is 0 Å². The van der Waals surface area contributed by atoms with Crippen molar-refractivity contribution in [2.75, 3.05) is 46.9 Å². The van der Waals surface area contributed by atoms with Gasteiger partial charge in [-0.3, -0.25) is 9.89 Å². The normalized spacial score (nSPS) is 16.7. The number of aliphatic imine (C=N–C) groups is 1. The average Bonchev–Trinajstić information content (AvgIpc) is 2.73. The summed E-state index contributed by atoms with van der Waals surface area (Å²) in [6, 6.07) is 21.5. The van der Waals surface area contributed by atoms with Gasteiger partial charge in [-0.25, -0.2) is 0 Å². The minimum Gasteiger partial charge on any atom is -0.379 e. The highest BCUT2D eigenvalue weighted by atomic mass is 16.5. The second-order valence-corrected chi connectivity index (χ2v) is 6.84. The lowest BCUT2D eigenvalue weighted by Gasteiger charge is -2.35. The topological polar surface area (TPSA) is 40.1 Å². The van der Waals surface area contributed by atoms with Crippen molar-refractivity contribution in [3.05, 3.63) is 71.8 Å². The van der Waals surface area contributed by atoms with E-state index in [0.717, 1.165) is 45.4 Å². The van der Waals surface area contributed by atoms with Crippen LogP contribution in [0.1, 0.15) is 17.2 Å². The molecule has 0 amide bonds. The standard InChI is InChI=1S/C22H30N4O/c1-23-22(25(2)18-19-9-5-3-6-10-19)24-17-21(20-11-7-4-8-12-20)26-13-15-27-16-14-26/h3-12,21H,13-18H2,1-2H3,(H,23,24). The number of nitrogens with zero attached hydrogens (tertiary/aromatic N) is 3. The highest BCUT2D eigenvalue weighted by molar-refractivity contribution is 5.79. The van der Waals surface area contributed by atoms with E-state index >= 15 is 0 Å². The third-order valence-corrected chi connectivity index (χ3v) is 4.96. The Morgan fingerprint density at radius 2 is 1.70 bits per heavy atom. The van der Waals surface area contributed by atoms with E-state index in [1.54, 1.807) is 0 Å². The maximum absolute atomic E-state index is 5.54. The summed E-state index contributed by atoms with van der Waals surface area (Å²) < 4.78 is 5.54. The Morgan fingerprint density at radius 3 is 2.33 bits per heavy atom. The smallest absolute Gasteiger partial charge is 0.193 e. The quantitative estimate of drug-likeness (QED) is 0.630. The van der Waals surface area contributed by atoms with Crippen LogP contribution in [0.2, 0.25) is 0 Å². The molecule has 0 spiro atoms. The number of guanidine groups is 1. The van der Waals surface area contributed by atoms with Crippen LogP contribution in [0.3, 0.4) is 0 Å². The Morgan fingerprint density at radius 1 is 1.07 bits per heavy atom. The molecule has 0 saturated carbocycles. The number of hydrogen-bond donors (Lipinski definition) is 1. The van der Waals surface area contributed by atoms with E-state index in [2.05, 4.69) is 81.8 Å². The molecule has 0 aromatic heterocycles. The van der Waals surface area contributed by atoms with Crippen LogP contribution >= 0.6 is 0 Å². The van der Waals surface area contributed by atoms with Crippen molar-refractivity contribution in [2.24, 2.45) is 4.99 Å². The van der Waals surface area contributed by atoms with Crippen molar-refractivity contribution in [3.8, 4) is 0 Å². The van der Waals surface area contributed by atoms with Gasteiger partial charge in [0, 0.05) is 40.3 Å². The van der Waals surface area contributed by atoms with Gasteiger partial charge in [0.1, 0.15) is 0 Å². The number of nitrogens with one attached hydrogen (secondary N) is 1. The molecule has 27 heavy (non-hydrogen) atoms. The van der Waals surface area contributed by atoms with Crippen LogP contribution in [-0.4, -0.2) is 62.7 Å². The monoisotopic (exact) mass is 366 g/mol. The number of hydrogen-bond acceptors (Lipinski definition) is 3. The zero-order chi connectivity index (χ0) is 18.9. The second-order valence-electron chi connectivity index (χ2n) is 6.84. The fourth-order valence-electron chi connectivity index (χ4n) is 3.53. The second kappa shape index (κ2) is 10.1. The molecule has 1 atom stereocenters. The van der Waals surface area contributed by atoms with Crippen LogP contribution in [0.15, 0.2) is 65.7 Å². The van der Waals surface area contributed by atoms with Crippen molar-refractivity contribution < 1.29 is 4.74 Å². The molecule has 3 rings (SSSR count). The highest BCUT2D eigenvalue weighted by Crippen LogP contribution is 2.21. The van der Waals surface area contributed by atoms with E-state index < -0.39 is 0 Å². The largest absolute Gasteiger partial charge is 0.379 e. The van der Waals surface area contributed by atoms with Crippen molar-refractivity contribution in [2.45, 2.75) is 12.6 Å². The Bertz CT molecular complexity index is 699. The molecule has 1 saturated heterocycles. The summed E-state index contributed by atoms with van der Waals surface area (Å²) in [5, 5.41) is 3.58. The molecular formula is C22H30N4O. The number of ether oxygens (including phenoxy) is 1. The van der Waals surface area contributed by atoms with E-state index in [1.807, 2.05) is 13.1 Å². The predicted molar refractivity (Wildman–Crippen MR) is 111 cm³/mol. The summed E-state index contributed by atoms with van der Waals surface area (Å²) in [4.78, 5) is 9.14. The summed E-state index contributed by atoms with van der Waals surface area (Å²) in [5.41, 5.74) is 2.60. The van der Waals surface area contributed by atoms with E-state index in [-0.39, 0.29) is 0 Å². The molecule has 2 aromatic rings. The molecule has 5 heteroatoms. The summed E-state index contributed by atoms with van der Waals surface area (Å²) in [6.07, 6.45) is 0. The highest BCUT2D eigenvalue weighted by Gasteiger charge is 2.23. The summed E-state index contributed by atoms with van der Waals surface area (Å²) >= 11 is 0. The van der Waals surface area contributed by atoms with Gasteiger partial charge in [-0.15, -0.1) is 0 Å². The van der Waals surface area contributed by atoms with Crippen LogP contribution in [0.4, 0.5) is 0 Å². The number of morpholine rings is 1. The fraction of sp³-hybridized carbons (Fsp3) is 0.409. The van der Waals surface area contributed by atoms with Crippen molar-refractivity contribution in [3.63, 3.8) is 0 Å². The molecule has 2 aromatic carbocycles. The van der Waals surface area contributed by atoms with Crippen LogP contribution < -0.4 is 5.32 Å². The minimum atomic E-state index is 0.303. The van der Waals surface area contributed by atoms with Gasteiger partial charge in [0.15, 0.2) is 5.96 Å². The molecule has 0 aliphatic carbocycles. The summed E-state index contributed by atoms with van der Waals surface area (Å²) in [5.74, 6) is 0.910. The molecule has 1 unspecified atom stereocenters. The Hall–Kier alpha value is -2.37. The van der Waals surface area contributed by atoms with E-state index in [9.17, 15) is 0 Å².